The molecule has 296 valence electrons. The van der Waals surface area contributed by atoms with E-state index in [1.165, 1.54) is 38.5 Å². The molecule has 2 heterocycles. The summed E-state index contributed by atoms with van der Waals surface area (Å²) < 4.78 is 8.97. The van der Waals surface area contributed by atoms with Crippen molar-refractivity contribution in [1.82, 2.24) is 4.57 Å². The van der Waals surface area contributed by atoms with Gasteiger partial charge in [0.2, 0.25) is 0 Å². The van der Waals surface area contributed by atoms with Crippen LogP contribution in [0.1, 0.15) is 0 Å². The van der Waals surface area contributed by atoms with E-state index in [1.807, 2.05) is 12.1 Å². The first-order valence-corrected chi connectivity index (χ1v) is 21.5. The van der Waals surface area contributed by atoms with Crippen LogP contribution in [0.3, 0.4) is 0 Å². The van der Waals surface area contributed by atoms with Crippen LogP contribution in [0.2, 0.25) is 0 Å². The predicted molar refractivity (Wildman–Crippen MR) is 264 cm³/mol. The van der Waals surface area contributed by atoms with Crippen molar-refractivity contribution >= 4 is 60.8 Å². The minimum absolute atomic E-state index is 0.893. The molecule has 0 bridgehead atoms. The fourth-order valence-electron chi connectivity index (χ4n) is 9.51. The molecule has 0 saturated carbocycles. The van der Waals surface area contributed by atoms with Gasteiger partial charge in [0.05, 0.1) is 22.4 Å². The number of nitrogens with zero attached hydrogens (tertiary/aromatic N) is 2. The zero-order chi connectivity index (χ0) is 41.7. The predicted octanol–water partition coefficient (Wildman–Crippen LogP) is 16.8. The Morgan fingerprint density at radius 3 is 1.67 bits per heavy atom. The first-order valence-electron chi connectivity index (χ1n) is 21.5. The van der Waals surface area contributed by atoms with E-state index in [0.29, 0.717) is 0 Å². The van der Waals surface area contributed by atoms with Gasteiger partial charge in [0.25, 0.3) is 0 Å². The molecule has 10 aromatic carbocycles. The largest absolute Gasteiger partial charge is 0.455 e. The first-order chi connectivity index (χ1) is 31.3. The van der Waals surface area contributed by atoms with Gasteiger partial charge in [0.1, 0.15) is 11.2 Å². The standard InChI is InChI=1S/C60H40N2O/c1-2-17-41(18-3-1)43-19-14-20-44(39-43)49-24-5-9-30-55(49)61(47-22-15-21-45(40-47)50-28-16-29-54-53-27-8-13-34-59(53)63-60(50)54)46-37-35-42(36-38-46)48-23-4-10-31-56(48)62-57-32-11-6-25-51(57)52-26-7-12-33-58(52)62/h1-40H. The smallest absolute Gasteiger partial charge is 0.143 e. The molecule has 0 radical (unpaired) electrons. The molecule has 0 saturated heterocycles. The van der Waals surface area contributed by atoms with Crippen LogP contribution < -0.4 is 4.90 Å². The Bertz CT molecular complexity index is 3580. The number of furan rings is 1. The number of rotatable bonds is 8. The highest BCUT2D eigenvalue weighted by atomic mass is 16.3. The third-order valence-corrected chi connectivity index (χ3v) is 12.4. The molecule has 12 aromatic rings. The SMILES string of the molecule is c1ccc(-c2cccc(-c3ccccc3N(c3ccc(-c4ccccc4-n4c5ccccc5c5ccccc54)cc3)c3cccc(-c4cccc5c4oc4ccccc45)c3)c2)cc1. The molecule has 0 aliphatic rings. The third kappa shape index (κ3) is 6.29. The maximum absolute atomic E-state index is 6.56. The van der Waals surface area contributed by atoms with E-state index in [4.69, 9.17) is 4.42 Å². The van der Waals surface area contributed by atoms with E-state index in [2.05, 4.69) is 240 Å². The second-order valence-corrected chi connectivity index (χ2v) is 16.1. The van der Waals surface area contributed by atoms with Crippen molar-refractivity contribution in [3.8, 4) is 50.2 Å². The minimum Gasteiger partial charge on any atom is -0.455 e. The molecular formula is C60H40N2O. The van der Waals surface area contributed by atoms with Crippen LogP contribution in [0.25, 0.3) is 93.9 Å². The summed E-state index contributed by atoms with van der Waals surface area (Å²) in [6, 6.07) is 87.1. The number of hydrogen-bond donors (Lipinski definition) is 0. The quantitative estimate of drug-likeness (QED) is 0.153. The zero-order valence-corrected chi connectivity index (χ0v) is 34.4. The van der Waals surface area contributed by atoms with Crippen LogP contribution in [0.15, 0.2) is 247 Å². The van der Waals surface area contributed by atoms with Crippen molar-refractivity contribution < 1.29 is 4.42 Å². The van der Waals surface area contributed by atoms with E-state index < -0.39 is 0 Å². The van der Waals surface area contributed by atoms with Crippen LogP contribution in [0, 0.1) is 0 Å². The summed E-state index contributed by atoms with van der Waals surface area (Å²) in [6.07, 6.45) is 0. The molecule has 0 aliphatic heterocycles. The number of hydrogen-bond acceptors (Lipinski definition) is 2. The average Bonchev–Trinajstić information content (AvgIpc) is 3.91. The average molecular weight is 805 g/mol. The van der Waals surface area contributed by atoms with Crippen molar-refractivity contribution in [3.05, 3.63) is 243 Å². The lowest BCUT2D eigenvalue weighted by Crippen LogP contribution is -2.11. The van der Waals surface area contributed by atoms with Crippen molar-refractivity contribution in [3.63, 3.8) is 0 Å². The third-order valence-electron chi connectivity index (χ3n) is 12.4. The second kappa shape index (κ2) is 15.3. The van der Waals surface area contributed by atoms with Gasteiger partial charge < -0.3 is 13.9 Å². The van der Waals surface area contributed by atoms with E-state index >= 15 is 0 Å². The van der Waals surface area contributed by atoms with Gasteiger partial charge in [0.15, 0.2) is 0 Å². The molecule has 3 nitrogen and oxygen atoms in total. The topological polar surface area (TPSA) is 21.3 Å². The number of anilines is 3. The number of fused-ring (bicyclic) bond motifs is 6. The molecule has 0 spiro atoms. The molecule has 0 atom stereocenters. The summed E-state index contributed by atoms with van der Waals surface area (Å²) >= 11 is 0. The molecule has 12 rings (SSSR count). The van der Waals surface area contributed by atoms with Gasteiger partial charge in [-0.2, -0.15) is 0 Å². The highest BCUT2D eigenvalue weighted by Gasteiger charge is 2.21. The summed E-state index contributed by atoms with van der Waals surface area (Å²) in [7, 11) is 0. The van der Waals surface area contributed by atoms with Gasteiger partial charge in [-0.25, -0.2) is 0 Å². The number of para-hydroxylation sites is 6. The van der Waals surface area contributed by atoms with Crippen LogP contribution in [0.4, 0.5) is 17.1 Å². The Kier molecular flexibility index (Phi) is 8.83. The van der Waals surface area contributed by atoms with E-state index in [1.54, 1.807) is 0 Å². The van der Waals surface area contributed by atoms with E-state index in [0.717, 1.165) is 72.5 Å². The molecular weight excluding hydrogens is 765 g/mol. The van der Waals surface area contributed by atoms with Crippen LogP contribution in [0.5, 0.6) is 0 Å². The van der Waals surface area contributed by atoms with Crippen molar-refractivity contribution in [2.45, 2.75) is 0 Å². The normalized spacial score (nSPS) is 11.5. The highest BCUT2D eigenvalue weighted by Crippen LogP contribution is 2.45. The van der Waals surface area contributed by atoms with Gasteiger partial charge in [-0.1, -0.05) is 182 Å². The summed E-state index contributed by atoms with van der Waals surface area (Å²) in [5.41, 5.74) is 17.6. The second-order valence-electron chi connectivity index (χ2n) is 16.1. The lowest BCUT2D eigenvalue weighted by molar-refractivity contribution is 0.670. The Labute approximate surface area is 366 Å². The minimum atomic E-state index is 0.893. The van der Waals surface area contributed by atoms with Gasteiger partial charge >= 0.3 is 0 Å². The van der Waals surface area contributed by atoms with E-state index in [-0.39, 0.29) is 0 Å². The Morgan fingerprint density at radius 1 is 0.317 bits per heavy atom. The van der Waals surface area contributed by atoms with Gasteiger partial charge in [-0.3, -0.25) is 0 Å². The molecule has 0 unspecified atom stereocenters. The molecule has 0 N–H and O–H groups in total. The Morgan fingerprint density at radius 2 is 0.873 bits per heavy atom. The Hall–Kier alpha value is -8.40. The monoisotopic (exact) mass is 804 g/mol. The fourth-order valence-corrected chi connectivity index (χ4v) is 9.51. The summed E-state index contributed by atoms with van der Waals surface area (Å²) in [5, 5.41) is 4.74. The first kappa shape index (κ1) is 36.5. The van der Waals surface area contributed by atoms with Crippen LogP contribution in [-0.2, 0) is 0 Å². The Balaban J connectivity index is 1.02. The van der Waals surface area contributed by atoms with Gasteiger partial charge in [-0.05, 0) is 88.5 Å². The molecule has 2 aromatic heterocycles. The molecule has 0 fully saturated rings. The number of aromatic nitrogens is 1. The molecule has 0 aliphatic carbocycles. The van der Waals surface area contributed by atoms with Crippen LogP contribution >= 0.6 is 0 Å². The lowest BCUT2D eigenvalue weighted by atomic mass is 9.96. The van der Waals surface area contributed by atoms with Gasteiger partial charge in [-0.15, -0.1) is 0 Å². The summed E-state index contributed by atoms with van der Waals surface area (Å²) in [4.78, 5) is 2.40. The maximum atomic E-state index is 6.56. The summed E-state index contributed by atoms with van der Waals surface area (Å²) in [5.74, 6) is 0. The molecule has 63 heavy (non-hydrogen) atoms. The maximum Gasteiger partial charge on any atom is 0.143 e. The van der Waals surface area contributed by atoms with Crippen molar-refractivity contribution in [1.29, 1.82) is 0 Å². The molecule has 0 amide bonds. The number of benzene rings is 10. The highest BCUT2D eigenvalue weighted by molar-refractivity contribution is 6.11. The van der Waals surface area contributed by atoms with E-state index in [9.17, 15) is 0 Å². The van der Waals surface area contributed by atoms with Crippen molar-refractivity contribution in [2.75, 3.05) is 4.90 Å². The van der Waals surface area contributed by atoms with Crippen molar-refractivity contribution in [2.24, 2.45) is 0 Å². The van der Waals surface area contributed by atoms with Gasteiger partial charge in [0, 0.05) is 49.6 Å². The zero-order valence-electron chi connectivity index (χ0n) is 34.4. The lowest BCUT2D eigenvalue weighted by Gasteiger charge is -2.28. The molecule has 3 heteroatoms. The summed E-state index contributed by atoms with van der Waals surface area (Å²) in [6.45, 7) is 0. The van der Waals surface area contributed by atoms with Crippen LogP contribution in [-0.4, -0.2) is 4.57 Å². The fraction of sp³-hybridized carbons (Fsp3) is 0.